The summed E-state index contributed by atoms with van der Waals surface area (Å²) in [6.45, 7) is 16.9. The van der Waals surface area contributed by atoms with Crippen molar-refractivity contribution in [2.24, 2.45) is 40.2 Å². The predicted octanol–water partition coefficient (Wildman–Crippen LogP) is 11.5. The Morgan fingerprint density at radius 3 is 2.00 bits per heavy atom. The van der Waals surface area contributed by atoms with Gasteiger partial charge in [0.05, 0.1) is 129 Å². The number of primary amides is 1. The Kier molecular flexibility index (Phi) is 35.1. The molecule has 2 aliphatic heterocycles. The first-order valence-corrected chi connectivity index (χ1v) is 43.9. The molecule has 11 rings (SSSR count). The Hall–Kier alpha value is -9.41. The van der Waals surface area contributed by atoms with Gasteiger partial charge in [0.2, 0.25) is 29.5 Å². The van der Waals surface area contributed by atoms with Gasteiger partial charge >= 0.3 is 6.09 Å². The molecule has 3 saturated carbocycles. The van der Waals surface area contributed by atoms with Crippen LogP contribution in [-0.4, -0.2) is 214 Å². The van der Waals surface area contributed by atoms with Crippen LogP contribution in [0.25, 0.3) is 22.5 Å². The number of allylic oxidation sites excluding steroid dienone is 4. The summed E-state index contributed by atoms with van der Waals surface area (Å²) >= 11 is 0. The SMILES string of the molecule is CCCCOCCOCCOCCn1nnc2c1-c1ccccc1CN(C(=O)CCC(=O)NCCOCCOCCOCCOCCC(=O)N[C@H](C(=O)C[C@@H](CCCCC(N)=O)C(=O)Nc1ccc(COC(=O)Nc3ccc(CCC(=O)[C@@]45OC(CCC)O[C@@H]4C[C@H]4[C@@H]6C[C@H](F)C7=CC(=O)C=C[C@]7(C)[C@@]6(F)[C@@H](O)C[C@@]45C)cc3)cc1)C(C)C)c1ccccc1-2. The largest absolute Gasteiger partial charge is 0.444 e. The van der Waals surface area contributed by atoms with Crippen LogP contribution in [0.3, 0.4) is 0 Å². The molecule has 674 valence electrons. The van der Waals surface area contributed by atoms with Crippen molar-refractivity contribution in [1.82, 2.24) is 25.6 Å². The molecule has 6 aliphatic rings. The molecular weight excluding hydrogens is 1600 g/mol. The minimum Gasteiger partial charge on any atom is -0.444 e. The number of fused-ring (bicyclic) bond motifs is 12. The molecule has 1 saturated heterocycles. The molecule has 31 heteroatoms. The van der Waals surface area contributed by atoms with Crippen LogP contribution in [0.4, 0.5) is 30.6 Å². The molecule has 0 spiro atoms. The Balaban J connectivity index is 0.537. The number of carbonyl (C=O) groups excluding carboxylic acids is 9. The van der Waals surface area contributed by atoms with Crippen molar-refractivity contribution in [2.75, 3.05) is 115 Å². The smallest absolute Gasteiger partial charge is 0.411 e. The first kappa shape index (κ1) is 95.2. The Morgan fingerprint density at radius 1 is 0.685 bits per heavy atom. The van der Waals surface area contributed by atoms with E-state index in [4.69, 9.17) is 53.1 Å². The van der Waals surface area contributed by atoms with Gasteiger partial charge in [0, 0.05) is 96.8 Å². The van der Waals surface area contributed by atoms with E-state index >= 15 is 8.78 Å². The third-order valence-corrected chi connectivity index (χ3v) is 24.8. The number of aryl methyl sites for hydroxylation is 1. The Bertz CT molecular complexity index is 4510. The van der Waals surface area contributed by atoms with Crippen molar-refractivity contribution < 1.29 is 104 Å². The summed E-state index contributed by atoms with van der Waals surface area (Å²) in [6, 6.07) is 28.1. The van der Waals surface area contributed by atoms with E-state index in [0.29, 0.717) is 93.6 Å². The number of carbonyl (C=O) groups is 9. The van der Waals surface area contributed by atoms with Crippen LogP contribution in [-0.2, 0) is 112 Å². The van der Waals surface area contributed by atoms with Gasteiger partial charge in [-0.3, -0.25) is 43.7 Å². The van der Waals surface area contributed by atoms with Crippen molar-refractivity contribution in [3.8, 4) is 22.5 Å². The highest BCUT2D eigenvalue weighted by Gasteiger charge is 2.80. The highest BCUT2D eigenvalue weighted by Crippen LogP contribution is 2.72. The number of aliphatic hydroxyl groups is 1. The number of ketones is 3. The number of nitrogens with two attached hydrogens (primary N) is 1. The number of halogens is 2. The number of nitrogens with one attached hydrogen (secondary N) is 4. The molecule has 1 aromatic heterocycles. The van der Waals surface area contributed by atoms with Gasteiger partial charge in [-0.05, 0) is 135 Å². The monoisotopic (exact) mass is 1720 g/mol. The number of benzene rings is 4. The average Bonchev–Trinajstić information content (AvgIpc) is 1.37. The number of amides is 6. The summed E-state index contributed by atoms with van der Waals surface area (Å²) in [7, 11) is 0. The second kappa shape index (κ2) is 45.7. The van der Waals surface area contributed by atoms with E-state index in [0.717, 1.165) is 53.5 Å². The van der Waals surface area contributed by atoms with E-state index in [2.05, 4.69) is 38.5 Å². The lowest BCUT2D eigenvalue weighted by molar-refractivity contribution is -0.234. The number of hydrogen-bond donors (Lipinski definition) is 6. The zero-order valence-corrected chi connectivity index (χ0v) is 72.2. The number of rotatable bonds is 51. The lowest BCUT2D eigenvalue weighted by Gasteiger charge is -2.63. The second-order valence-corrected chi connectivity index (χ2v) is 33.6. The highest BCUT2D eigenvalue weighted by molar-refractivity contribution is 6.03. The molecule has 0 bridgehead atoms. The van der Waals surface area contributed by atoms with Gasteiger partial charge in [-0.25, -0.2) is 18.3 Å². The Labute approximate surface area is 724 Å². The molecule has 6 amide bonds. The van der Waals surface area contributed by atoms with Crippen LogP contribution in [0.5, 0.6) is 0 Å². The van der Waals surface area contributed by atoms with E-state index in [1.807, 2.05) is 67.1 Å². The number of anilines is 3. The average molecular weight is 1730 g/mol. The van der Waals surface area contributed by atoms with E-state index < -0.39 is 100 Å². The van der Waals surface area contributed by atoms with Gasteiger partial charge in [0.1, 0.15) is 18.5 Å². The molecule has 4 aliphatic carbocycles. The maximum atomic E-state index is 18.0. The van der Waals surface area contributed by atoms with E-state index in [1.165, 1.54) is 12.2 Å². The van der Waals surface area contributed by atoms with Crippen molar-refractivity contribution in [1.29, 1.82) is 0 Å². The minimum atomic E-state index is -2.32. The van der Waals surface area contributed by atoms with Gasteiger partial charge in [0.25, 0.3) is 0 Å². The molecule has 0 radical (unpaired) electrons. The van der Waals surface area contributed by atoms with Gasteiger partial charge in [-0.1, -0.05) is 132 Å². The zero-order valence-electron chi connectivity index (χ0n) is 72.2. The number of Topliss-reactive ketones (excluding diaryl/α,β-unsaturated/α-hetero) is 2. The van der Waals surface area contributed by atoms with Gasteiger partial charge in [0.15, 0.2) is 34.9 Å². The Morgan fingerprint density at radius 2 is 1.32 bits per heavy atom. The summed E-state index contributed by atoms with van der Waals surface area (Å²) < 4.78 is 94.5. The summed E-state index contributed by atoms with van der Waals surface area (Å²) in [5, 5.41) is 32.5. The lowest BCUT2D eigenvalue weighted by atomic mass is 9.44. The van der Waals surface area contributed by atoms with Gasteiger partial charge in [-0.15, -0.1) is 5.10 Å². The third kappa shape index (κ3) is 23.6. The number of aliphatic hydroxyl groups excluding tert-OH is 1. The third-order valence-electron chi connectivity index (χ3n) is 24.8. The van der Waals surface area contributed by atoms with Crippen LogP contribution in [0.2, 0.25) is 0 Å². The molecule has 124 heavy (non-hydrogen) atoms. The van der Waals surface area contributed by atoms with Crippen LogP contribution in [0, 0.1) is 34.5 Å². The number of alkyl halides is 2. The van der Waals surface area contributed by atoms with Crippen LogP contribution >= 0.6 is 0 Å². The van der Waals surface area contributed by atoms with Crippen molar-refractivity contribution >= 4 is 70.0 Å². The van der Waals surface area contributed by atoms with Crippen LogP contribution in [0.1, 0.15) is 161 Å². The number of aromatic nitrogens is 3. The fourth-order valence-electron chi connectivity index (χ4n) is 18.3. The van der Waals surface area contributed by atoms with Crippen LogP contribution in [0.15, 0.2) is 121 Å². The summed E-state index contributed by atoms with van der Waals surface area (Å²) in [5.74, 6) is -5.59. The normalized spacial score (nSPS) is 23.2. The maximum Gasteiger partial charge on any atom is 0.411 e. The molecule has 3 heterocycles. The van der Waals surface area contributed by atoms with E-state index in [-0.39, 0.29) is 178 Å². The predicted molar refractivity (Wildman–Crippen MR) is 457 cm³/mol. The molecule has 5 aromatic rings. The number of unbranched alkanes of at least 4 members (excludes halogenated alkanes) is 2. The van der Waals surface area contributed by atoms with Crippen LogP contribution < -0.4 is 31.9 Å². The zero-order chi connectivity index (χ0) is 88.4. The first-order valence-electron chi connectivity index (χ1n) is 43.9. The minimum absolute atomic E-state index is 0.0171. The quantitative estimate of drug-likeness (QED) is 0.0197. The summed E-state index contributed by atoms with van der Waals surface area (Å²) in [4.78, 5) is 122. The molecule has 1 unspecified atom stereocenters. The number of nitrogens with zero attached hydrogens (tertiary/aromatic N) is 4. The van der Waals surface area contributed by atoms with Crippen molar-refractivity contribution in [2.45, 2.75) is 212 Å². The number of para-hydroxylation sites is 1. The van der Waals surface area contributed by atoms with E-state index in [1.54, 1.807) is 74.2 Å². The number of ether oxygens (including phenoxy) is 10. The fraction of sp³-hybridized carbons (Fsp3) is 0.581. The van der Waals surface area contributed by atoms with Gasteiger partial charge < -0.3 is 79.1 Å². The molecule has 7 N–H and O–H groups in total. The topological polar surface area (TPSA) is 374 Å². The molecule has 4 aromatic carbocycles. The molecule has 4 fully saturated rings. The first-order chi connectivity index (χ1) is 59.8. The standard InChI is InChI=1S/C93H123F2N9O20/c1-7-9-40-115-44-48-119-51-47-118-43-39-104-87-69-19-12-10-18-65(69)59-103(75-21-14-13-20-70(75)86(87)101-102-104)83(112)34-33-81(110)97-38-42-117-46-50-121-53-52-120-49-45-116-41-36-82(111)100-85(61(3)4)76(106)54-64(17-11-15-22-80(96)109)88(113)98-66-30-25-63(26-31-66)60-122-89(114)99-67-28-23-62(24-29-67)27-32-77(107)93-79(123-84(124-93)16-8-2)57-71-72-56-74(94)73-55-68(105)35-37-90(73,5)92(72,95)78(108)58-91(71,93)6/h10,12-14,18-21,23-26,28-31,35,37,55,61,64,71-72,74,78-79,84-85,108H,7-9,11,15-17,22,27,32-34,36,38-54,56-60H2,1-6H3,(H2,96,109)(H,97,110)(H,98,113)(H,99,114)(H,100,111)/t64-,71+,72+,74+,78+,79-,84?,85+,90+,91+,92+,93-/m1/s1. The summed E-state index contributed by atoms with van der Waals surface area (Å²) in [5.41, 5.74) is 5.79. The molecule has 12 atom stereocenters. The van der Waals surface area contributed by atoms with Crippen molar-refractivity contribution in [3.05, 3.63) is 138 Å². The lowest BCUT2D eigenvalue weighted by Crippen LogP contribution is -2.70. The molecule has 29 nitrogen and oxygen atoms in total. The summed E-state index contributed by atoms with van der Waals surface area (Å²) in [6.07, 6.45) is 2.78. The number of hydrogen-bond acceptors (Lipinski definition) is 22. The second-order valence-electron chi connectivity index (χ2n) is 33.6. The molecular formula is C93H123F2N9O20. The van der Waals surface area contributed by atoms with Crippen molar-refractivity contribution in [3.63, 3.8) is 0 Å². The van der Waals surface area contributed by atoms with Gasteiger partial charge in [-0.2, -0.15) is 0 Å². The maximum absolute atomic E-state index is 18.0. The fourth-order valence-corrected chi connectivity index (χ4v) is 18.3. The highest BCUT2D eigenvalue weighted by atomic mass is 19.1. The van der Waals surface area contributed by atoms with E-state index in [9.17, 15) is 48.3 Å².